The highest BCUT2D eigenvalue weighted by atomic mass is 35.5. The highest BCUT2D eigenvalue weighted by Gasteiger charge is 2.21. The molecule has 0 amide bonds. The van der Waals surface area contributed by atoms with Crippen LogP contribution in [-0.4, -0.2) is 36.1 Å². The van der Waals surface area contributed by atoms with E-state index in [0.29, 0.717) is 18.1 Å². The number of rotatable bonds is 5. The Balaban J connectivity index is 1.41. The summed E-state index contributed by atoms with van der Waals surface area (Å²) in [7, 11) is 0. The molecule has 0 spiro atoms. The number of nitrogens with one attached hydrogen (secondary N) is 1. The Labute approximate surface area is 174 Å². The maximum atomic E-state index is 13.1. The molecule has 1 aliphatic heterocycles. The molecule has 2 heterocycles. The normalized spacial score (nSPS) is 14.1. The molecule has 8 heteroatoms. The van der Waals surface area contributed by atoms with Crippen LogP contribution in [0.15, 0.2) is 54.9 Å². The fourth-order valence-corrected chi connectivity index (χ4v) is 3.60. The highest BCUT2D eigenvalue weighted by Crippen LogP contribution is 2.28. The van der Waals surface area contributed by atoms with Crippen molar-refractivity contribution in [2.24, 2.45) is 0 Å². The van der Waals surface area contributed by atoms with E-state index in [1.54, 1.807) is 12.1 Å². The van der Waals surface area contributed by atoms with Crippen LogP contribution in [0.3, 0.4) is 0 Å². The number of benzene rings is 2. The fraction of sp³-hybridized carbons (Fsp3) is 0.238. The Morgan fingerprint density at radius 1 is 1.00 bits per heavy atom. The summed E-state index contributed by atoms with van der Waals surface area (Å²) in [6, 6.07) is 14.2. The Morgan fingerprint density at radius 3 is 2.45 bits per heavy atom. The summed E-state index contributed by atoms with van der Waals surface area (Å²) in [5, 5.41) is 3.96. The average Bonchev–Trinajstić information content (AvgIpc) is 2.74. The minimum absolute atomic E-state index is 0.255. The van der Waals surface area contributed by atoms with Crippen LogP contribution in [0.5, 0.6) is 0 Å². The Morgan fingerprint density at radius 2 is 1.72 bits per heavy atom. The molecule has 29 heavy (non-hydrogen) atoms. The maximum absolute atomic E-state index is 13.1. The summed E-state index contributed by atoms with van der Waals surface area (Å²) >= 11 is 6.11. The van der Waals surface area contributed by atoms with Gasteiger partial charge in [-0.2, -0.15) is 0 Å². The summed E-state index contributed by atoms with van der Waals surface area (Å²) in [4.78, 5) is 13.1. The minimum Gasteiger partial charge on any atom is -0.393 e. The zero-order chi connectivity index (χ0) is 20.2. The van der Waals surface area contributed by atoms with E-state index in [-0.39, 0.29) is 5.82 Å². The number of anilines is 4. The maximum Gasteiger partial charge on any atom is 0.157 e. The number of hydrogen-bond donors (Lipinski definition) is 2. The highest BCUT2D eigenvalue weighted by molar-refractivity contribution is 6.30. The van der Waals surface area contributed by atoms with Crippen molar-refractivity contribution < 1.29 is 4.39 Å². The van der Waals surface area contributed by atoms with Gasteiger partial charge < -0.3 is 20.9 Å². The van der Waals surface area contributed by atoms with Crippen molar-refractivity contribution in [1.82, 2.24) is 9.97 Å². The van der Waals surface area contributed by atoms with Crippen molar-refractivity contribution in [3.8, 4) is 0 Å². The smallest absolute Gasteiger partial charge is 0.157 e. The second kappa shape index (κ2) is 8.53. The lowest BCUT2D eigenvalue weighted by Gasteiger charge is -2.37. The lowest BCUT2D eigenvalue weighted by molar-refractivity contribution is 0.627. The van der Waals surface area contributed by atoms with Crippen molar-refractivity contribution >= 4 is 34.6 Å². The van der Waals surface area contributed by atoms with E-state index in [4.69, 9.17) is 17.3 Å². The molecular formula is C21H22ClFN6. The molecule has 6 nitrogen and oxygen atoms in total. The van der Waals surface area contributed by atoms with Gasteiger partial charge in [-0.1, -0.05) is 29.8 Å². The Bertz CT molecular complexity index is 973. The predicted octanol–water partition coefficient (Wildman–Crippen LogP) is 3.79. The molecule has 3 aromatic rings. The van der Waals surface area contributed by atoms with Gasteiger partial charge in [0.2, 0.25) is 0 Å². The number of piperazine rings is 1. The molecule has 0 radical (unpaired) electrons. The van der Waals surface area contributed by atoms with E-state index in [0.717, 1.165) is 48.3 Å². The van der Waals surface area contributed by atoms with Crippen LogP contribution in [0.4, 0.5) is 27.4 Å². The largest absolute Gasteiger partial charge is 0.393 e. The van der Waals surface area contributed by atoms with Crippen LogP contribution in [0.2, 0.25) is 5.02 Å². The summed E-state index contributed by atoms with van der Waals surface area (Å²) in [6.45, 7) is 3.80. The summed E-state index contributed by atoms with van der Waals surface area (Å²) < 4.78 is 13.1. The van der Waals surface area contributed by atoms with Gasteiger partial charge >= 0.3 is 0 Å². The van der Waals surface area contributed by atoms with E-state index in [2.05, 4.69) is 31.2 Å². The molecule has 4 rings (SSSR count). The zero-order valence-electron chi connectivity index (χ0n) is 15.9. The number of nitrogens with zero attached hydrogens (tertiary/aromatic N) is 4. The summed E-state index contributed by atoms with van der Waals surface area (Å²) in [5.74, 6) is 1.05. The second-order valence-electron chi connectivity index (χ2n) is 6.89. The first-order valence-corrected chi connectivity index (χ1v) is 9.82. The summed E-state index contributed by atoms with van der Waals surface area (Å²) in [5.41, 5.74) is 8.93. The number of nitrogens with two attached hydrogens (primary N) is 1. The quantitative estimate of drug-likeness (QED) is 0.664. The van der Waals surface area contributed by atoms with Crippen LogP contribution in [0.1, 0.15) is 5.56 Å². The van der Waals surface area contributed by atoms with Crippen molar-refractivity contribution in [2.75, 3.05) is 47.0 Å². The third kappa shape index (κ3) is 4.51. The molecule has 0 bridgehead atoms. The van der Waals surface area contributed by atoms with Crippen LogP contribution < -0.4 is 20.9 Å². The molecule has 1 saturated heterocycles. The lowest BCUT2D eigenvalue weighted by atomic mass is 10.2. The minimum atomic E-state index is -0.255. The molecule has 1 aromatic heterocycles. The van der Waals surface area contributed by atoms with Gasteiger partial charge in [-0.05, 0) is 35.9 Å². The van der Waals surface area contributed by atoms with Gasteiger partial charge in [0.1, 0.15) is 17.8 Å². The Kier molecular flexibility index (Phi) is 5.67. The van der Waals surface area contributed by atoms with Gasteiger partial charge in [-0.15, -0.1) is 0 Å². The van der Waals surface area contributed by atoms with Crippen molar-refractivity contribution in [2.45, 2.75) is 6.54 Å². The van der Waals surface area contributed by atoms with Crippen molar-refractivity contribution in [3.63, 3.8) is 0 Å². The molecular weight excluding hydrogens is 391 g/mol. The molecule has 0 aliphatic carbocycles. The predicted molar refractivity (Wildman–Crippen MR) is 116 cm³/mol. The lowest BCUT2D eigenvalue weighted by Crippen LogP contribution is -2.47. The molecule has 3 N–H and O–H groups in total. The Hall–Kier alpha value is -3.06. The molecule has 0 atom stereocenters. The van der Waals surface area contributed by atoms with Gasteiger partial charge in [0, 0.05) is 43.4 Å². The van der Waals surface area contributed by atoms with Gasteiger partial charge in [0.25, 0.3) is 0 Å². The molecule has 1 fully saturated rings. The second-order valence-corrected chi connectivity index (χ2v) is 7.33. The number of halogens is 2. The van der Waals surface area contributed by atoms with Crippen LogP contribution >= 0.6 is 11.6 Å². The third-order valence-electron chi connectivity index (χ3n) is 4.99. The van der Waals surface area contributed by atoms with Gasteiger partial charge in [0.05, 0.1) is 0 Å². The van der Waals surface area contributed by atoms with E-state index in [1.807, 2.05) is 18.2 Å². The molecule has 0 unspecified atom stereocenters. The topological polar surface area (TPSA) is 70.3 Å². The SMILES string of the molecule is Nc1c(NCc2ccc(F)cc2)ncnc1N1CCN(c2cccc(Cl)c2)CC1. The van der Waals surface area contributed by atoms with Crippen LogP contribution in [-0.2, 0) is 6.54 Å². The van der Waals surface area contributed by atoms with E-state index < -0.39 is 0 Å². The third-order valence-corrected chi connectivity index (χ3v) is 5.22. The van der Waals surface area contributed by atoms with E-state index >= 15 is 0 Å². The van der Waals surface area contributed by atoms with E-state index in [1.165, 1.54) is 18.5 Å². The number of hydrogen-bond acceptors (Lipinski definition) is 6. The molecule has 150 valence electrons. The van der Waals surface area contributed by atoms with Gasteiger partial charge in [-0.25, -0.2) is 14.4 Å². The standard InChI is InChI=1S/C21H22ClFN6/c22-16-2-1-3-18(12-16)28-8-10-29(11-9-28)21-19(24)20(26-14-27-21)25-13-15-4-6-17(23)7-5-15/h1-7,12,14H,8-11,13,24H2,(H,25,26,27). The van der Waals surface area contributed by atoms with Crippen LogP contribution in [0, 0.1) is 5.82 Å². The molecule has 1 aliphatic rings. The van der Waals surface area contributed by atoms with Crippen molar-refractivity contribution in [1.29, 1.82) is 0 Å². The monoisotopic (exact) mass is 412 g/mol. The fourth-order valence-electron chi connectivity index (χ4n) is 3.42. The first-order valence-electron chi connectivity index (χ1n) is 9.44. The number of aromatic nitrogens is 2. The van der Waals surface area contributed by atoms with Crippen LogP contribution in [0.25, 0.3) is 0 Å². The zero-order valence-corrected chi connectivity index (χ0v) is 16.6. The van der Waals surface area contributed by atoms with Gasteiger partial charge in [-0.3, -0.25) is 0 Å². The number of nitrogen functional groups attached to an aromatic ring is 1. The first-order chi connectivity index (χ1) is 14.1. The molecule has 0 saturated carbocycles. The first kappa shape index (κ1) is 19.3. The van der Waals surface area contributed by atoms with Gasteiger partial charge in [0.15, 0.2) is 11.6 Å². The van der Waals surface area contributed by atoms with Crippen molar-refractivity contribution in [3.05, 3.63) is 71.3 Å². The van der Waals surface area contributed by atoms with E-state index in [9.17, 15) is 4.39 Å². The summed E-state index contributed by atoms with van der Waals surface area (Å²) in [6.07, 6.45) is 1.52. The molecule has 2 aromatic carbocycles. The average molecular weight is 413 g/mol.